The van der Waals surface area contributed by atoms with Crippen LogP contribution in [0.2, 0.25) is 0 Å². The molecule has 0 saturated carbocycles. The van der Waals surface area contributed by atoms with E-state index in [1.807, 2.05) is 49.4 Å². The monoisotopic (exact) mass is 397 g/mol. The number of carbonyl (C=O) groups excluding carboxylic acids is 1. The largest absolute Gasteiger partial charge is 0.344 e. The summed E-state index contributed by atoms with van der Waals surface area (Å²) in [6.07, 6.45) is 0. The number of aromatic nitrogens is 2. The van der Waals surface area contributed by atoms with Gasteiger partial charge in [-0.05, 0) is 42.8 Å². The van der Waals surface area contributed by atoms with E-state index in [4.69, 9.17) is 0 Å². The van der Waals surface area contributed by atoms with Crippen LogP contribution in [0.25, 0.3) is 5.69 Å². The highest BCUT2D eigenvalue weighted by Gasteiger charge is 2.14. The SMILES string of the molecule is CC(NC(=O)c1ccc(=O)n(-c2ccccc2)n1)c1ccc(Br)cc1. The van der Waals surface area contributed by atoms with Gasteiger partial charge in [0.2, 0.25) is 0 Å². The van der Waals surface area contributed by atoms with Gasteiger partial charge in [-0.3, -0.25) is 9.59 Å². The van der Waals surface area contributed by atoms with Gasteiger partial charge in [0.05, 0.1) is 11.7 Å². The Balaban J connectivity index is 1.83. The van der Waals surface area contributed by atoms with E-state index in [1.54, 1.807) is 12.1 Å². The Morgan fingerprint density at radius 3 is 2.40 bits per heavy atom. The van der Waals surface area contributed by atoms with Gasteiger partial charge in [0, 0.05) is 10.5 Å². The van der Waals surface area contributed by atoms with Crippen molar-refractivity contribution in [1.29, 1.82) is 0 Å². The predicted molar refractivity (Wildman–Crippen MR) is 99.9 cm³/mol. The number of nitrogens with zero attached hydrogens (tertiary/aromatic N) is 2. The maximum atomic E-state index is 12.5. The average molecular weight is 398 g/mol. The average Bonchev–Trinajstić information content (AvgIpc) is 2.63. The fourth-order valence-corrected chi connectivity index (χ4v) is 2.66. The third-order valence-corrected chi connectivity index (χ3v) is 4.28. The van der Waals surface area contributed by atoms with Crippen molar-refractivity contribution in [3.63, 3.8) is 0 Å². The molecule has 5 nitrogen and oxygen atoms in total. The number of carbonyl (C=O) groups is 1. The van der Waals surface area contributed by atoms with E-state index in [0.717, 1.165) is 10.0 Å². The molecule has 1 aromatic heterocycles. The lowest BCUT2D eigenvalue weighted by Gasteiger charge is -2.14. The fourth-order valence-electron chi connectivity index (χ4n) is 2.39. The van der Waals surface area contributed by atoms with Crippen LogP contribution in [0.15, 0.2) is 76.0 Å². The first-order valence-electron chi connectivity index (χ1n) is 7.77. The third kappa shape index (κ3) is 4.03. The fraction of sp³-hybridized carbons (Fsp3) is 0.105. The zero-order chi connectivity index (χ0) is 17.8. The first-order valence-corrected chi connectivity index (χ1v) is 8.56. The van der Waals surface area contributed by atoms with Crippen LogP contribution in [0.3, 0.4) is 0 Å². The Kier molecular flexibility index (Phi) is 5.09. The summed E-state index contributed by atoms with van der Waals surface area (Å²) in [5, 5.41) is 7.09. The summed E-state index contributed by atoms with van der Waals surface area (Å²) in [7, 11) is 0. The minimum absolute atomic E-state index is 0.181. The standard InChI is InChI=1S/C19H16BrN3O2/c1-13(14-7-9-15(20)10-8-14)21-19(25)17-11-12-18(24)23(22-17)16-5-3-2-4-6-16/h2-13H,1H3,(H,21,25). The molecule has 1 N–H and O–H groups in total. The maximum absolute atomic E-state index is 12.5. The van der Waals surface area contributed by atoms with Gasteiger partial charge in [-0.25, -0.2) is 0 Å². The Hall–Kier alpha value is -2.73. The van der Waals surface area contributed by atoms with Crippen LogP contribution in [0, 0.1) is 0 Å². The molecule has 0 saturated heterocycles. The molecule has 0 aliphatic heterocycles. The summed E-state index contributed by atoms with van der Waals surface area (Å²) < 4.78 is 2.20. The molecule has 0 aliphatic rings. The molecule has 0 radical (unpaired) electrons. The minimum Gasteiger partial charge on any atom is -0.344 e. The number of para-hydroxylation sites is 1. The number of hydrogen-bond acceptors (Lipinski definition) is 3. The molecule has 6 heteroatoms. The zero-order valence-corrected chi connectivity index (χ0v) is 15.1. The molecule has 3 rings (SSSR count). The number of hydrogen-bond donors (Lipinski definition) is 1. The first kappa shape index (κ1) is 17.1. The molecule has 1 unspecified atom stereocenters. The van der Waals surface area contributed by atoms with Crippen molar-refractivity contribution in [2.24, 2.45) is 0 Å². The van der Waals surface area contributed by atoms with Gasteiger partial charge >= 0.3 is 0 Å². The summed E-state index contributed by atoms with van der Waals surface area (Å²) in [6.45, 7) is 1.90. The van der Waals surface area contributed by atoms with Gasteiger partial charge in [0.1, 0.15) is 5.69 Å². The van der Waals surface area contributed by atoms with E-state index in [2.05, 4.69) is 26.3 Å². The molecule has 0 spiro atoms. The lowest BCUT2D eigenvalue weighted by molar-refractivity contribution is 0.0933. The molecule has 0 aliphatic carbocycles. The van der Waals surface area contributed by atoms with Crippen molar-refractivity contribution in [3.8, 4) is 5.69 Å². The van der Waals surface area contributed by atoms with Crippen molar-refractivity contribution in [2.75, 3.05) is 0 Å². The van der Waals surface area contributed by atoms with E-state index < -0.39 is 0 Å². The van der Waals surface area contributed by atoms with Crippen molar-refractivity contribution < 1.29 is 4.79 Å². The number of amides is 1. The maximum Gasteiger partial charge on any atom is 0.272 e. The van der Waals surface area contributed by atoms with Gasteiger partial charge in [-0.15, -0.1) is 0 Å². The smallest absolute Gasteiger partial charge is 0.272 e. The number of halogens is 1. The predicted octanol–water partition coefficient (Wildman–Crippen LogP) is 3.49. The number of rotatable bonds is 4. The van der Waals surface area contributed by atoms with Gasteiger partial charge < -0.3 is 5.32 Å². The van der Waals surface area contributed by atoms with E-state index in [1.165, 1.54) is 16.8 Å². The van der Waals surface area contributed by atoms with Crippen LogP contribution in [-0.2, 0) is 0 Å². The summed E-state index contributed by atoms with van der Waals surface area (Å²) in [6, 6.07) is 19.3. The highest BCUT2D eigenvalue weighted by molar-refractivity contribution is 9.10. The summed E-state index contributed by atoms with van der Waals surface area (Å²) in [5.74, 6) is -0.333. The highest BCUT2D eigenvalue weighted by Crippen LogP contribution is 2.16. The molecule has 1 heterocycles. The minimum atomic E-state index is -0.333. The second-order valence-electron chi connectivity index (χ2n) is 5.55. The second kappa shape index (κ2) is 7.44. The molecular formula is C19H16BrN3O2. The van der Waals surface area contributed by atoms with Crippen molar-refractivity contribution >= 4 is 21.8 Å². The lowest BCUT2D eigenvalue weighted by Crippen LogP contribution is -2.30. The lowest BCUT2D eigenvalue weighted by atomic mass is 10.1. The van der Waals surface area contributed by atoms with Gasteiger partial charge in [-0.2, -0.15) is 9.78 Å². The third-order valence-electron chi connectivity index (χ3n) is 3.75. The molecule has 0 fully saturated rings. The van der Waals surface area contributed by atoms with Gasteiger partial charge in [0.25, 0.3) is 11.5 Å². The van der Waals surface area contributed by atoms with Crippen LogP contribution < -0.4 is 10.9 Å². The van der Waals surface area contributed by atoms with Crippen molar-refractivity contribution in [2.45, 2.75) is 13.0 Å². The molecule has 25 heavy (non-hydrogen) atoms. The zero-order valence-electron chi connectivity index (χ0n) is 13.5. The number of nitrogens with one attached hydrogen (secondary N) is 1. The van der Waals surface area contributed by atoms with E-state index >= 15 is 0 Å². The number of benzene rings is 2. The summed E-state index contributed by atoms with van der Waals surface area (Å²) in [5.41, 5.74) is 1.49. The Morgan fingerprint density at radius 2 is 1.72 bits per heavy atom. The van der Waals surface area contributed by atoms with Gasteiger partial charge in [0.15, 0.2) is 0 Å². The Bertz CT molecular complexity index is 937. The summed E-state index contributed by atoms with van der Waals surface area (Å²) in [4.78, 5) is 24.5. The van der Waals surface area contributed by atoms with Gasteiger partial charge in [-0.1, -0.05) is 46.3 Å². The van der Waals surface area contributed by atoms with E-state index in [-0.39, 0.29) is 23.2 Å². The van der Waals surface area contributed by atoms with E-state index in [0.29, 0.717) is 5.69 Å². The Labute approximate surface area is 153 Å². The van der Waals surface area contributed by atoms with Crippen LogP contribution in [0.5, 0.6) is 0 Å². The highest BCUT2D eigenvalue weighted by atomic mass is 79.9. The summed E-state index contributed by atoms with van der Waals surface area (Å²) >= 11 is 3.39. The van der Waals surface area contributed by atoms with Crippen molar-refractivity contribution in [1.82, 2.24) is 15.1 Å². The van der Waals surface area contributed by atoms with E-state index in [9.17, 15) is 9.59 Å². The van der Waals surface area contributed by atoms with Crippen LogP contribution in [-0.4, -0.2) is 15.7 Å². The van der Waals surface area contributed by atoms with Crippen LogP contribution in [0.1, 0.15) is 29.0 Å². The topological polar surface area (TPSA) is 64.0 Å². The molecule has 1 amide bonds. The molecule has 1 atom stereocenters. The van der Waals surface area contributed by atoms with Crippen LogP contribution >= 0.6 is 15.9 Å². The quantitative estimate of drug-likeness (QED) is 0.732. The molecule has 2 aromatic carbocycles. The van der Waals surface area contributed by atoms with Crippen LogP contribution in [0.4, 0.5) is 0 Å². The second-order valence-corrected chi connectivity index (χ2v) is 6.47. The molecular weight excluding hydrogens is 382 g/mol. The molecule has 0 bridgehead atoms. The molecule has 3 aromatic rings. The van der Waals surface area contributed by atoms with Crippen molar-refractivity contribution in [3.05, 3.63) is 92.8 Å². The first-order chi connectivity index (χ1) is 12.0. The Morgan fingerprint density at radius 1 is 1.04 bits per heavy atom. The normalized spacial score (nSPS) is 11.8. The molecule has 126 valence electrons.